The topological polar surface area (TPSA) is 36.1 Å². The molecule has 3 nitrogen and oxygen atoms in total. The standard InChI is InChI=1S/C10H23N3/c1-10-4-9-12-6-2-5-11-7-3-8-13-10/h10-13H,2-9H2,1H3. The molecule has 0 bridgehead atoms. The minimum atomic E-state index is 0.659. The van der Waals surface area contributed by atoms with Crippen molar-refractivity contribution in [2.75, 3.05) is 32.7 Å². The lowest BCUT2D eigenvalue weighted by molar-refractivity contribution is 0.464. The summed E-state index contributed by atoms with van der Waals surface area (Å²) in [7, 11) is 0. The lowest BCUT2D eigenvalue weighted by Gasteiger charge is -2.15. The molecule has 0 radical (unpaired) electrons. The van der Waals surface area contributed by atoms with Gasteiger partial charge >= 0.3 is 0 Å². The number of rotatable bonds is 0. The van der Waals surface area contributed by atoms with Crippen molar-refractivity contribution in [1.82, 2.24) is 16.0 Å². The smallest absolute Gasteiger partial charge is 0.00508 e. The lowest BCUT2D eigenvalue weighted by Crippen LogP contribution is -2.34. The maximum absolute atomic E-state index is 3.52. The highest BCUT2D eigenvalue weighted by Crippen LogP contribution is 1.90. The minimum Gasteiger partial charge on any atom is -0.317 e. The Morgan fingerprint density at radius 2 is 1.46 bits per heavy atom. The molecule has 1 saturated heterocycles. The normalized spacial score (nSPS) is 28.8. The van der Waals surface area contributed by atoms with Gasteiger partial charge < -0.3 is 16.0 Å². The van der Waals surface area contributed by atoms with Crippen molar-refractivity contribution in [2.45, 2.75) is 32.2 Å². The Bertz CT molecular complexity index is 105. The van der Waals surface area contributed by atoms with Crippen LogP contribution >= 0.6 is 0 Å². The summed E-state index contributed by atoms with van der Waals surface area (Å²) in [5.41, 5.74) is 0. The first-order chi connectivity index (χ1) is 6.39. The average Bonchev–Trinajstić information content (AvgIpc) is 2.11. The highest BCUT2D eigenvalue weighted by molar-refractivity contribution is 4.64. The van der Waals surface area contributed by atoms with Gasteiger partial charge in [-0.15, -0.1) is 0 Å². The van der Waals surface area contributed by atoms with Gasteiger partial charge in [0.05, 0.1) is 0 Å². The van der Waals surface area contributed by atoms with E-state index in [0.29, 0.717) is 6.04 Å². The van der Waals surface area contributed by atoms with Crippen LogP contribution in [-0.4, -0.2) is 38.8 Å². The molecule has 1 unspecified atom stereocenters. The SMILES string of the molecule is CC1CCNCCCNCCCN1. The van der Waals surface area contributed by atoms with Crippen molar-refractivity contribution < 1.29 is 0 Å². The molecule has 0 spiro atoms. The summed E-state index contributed by atoms with van der Waals surface area (Å²) in [6.45, 7) is 8.02. The van der Waals surface area contributed by atoms with Crippen LogP contribution in [0.3, 0.4) is 0 Å². The van der Waals surface area contributed by atoms with Gasteiger partial charge in [0.25, 0.3) is 0 Å². The molecule has 3 N–H and O–H groups in total. The fourth-order valence-corrected chi connectivity index (χ4v) is 1.57. The second kappa shape index (κ2) is 7.30. The first-order valence-electron chi connectivity index (χ1n) is 5.54. The van der Waals surface area contributed by atoms with Gasteiger partial charge in [0.2, 0.25) is 0 Å². The zero-order chi connectivity index (χ0) is 9.36. The van der Waals surface area contributed by atoms with Crippen LogP contribution in [0.2, 0.25) is 0 Å². The quantitative estimate of drug-likeness (QED) is 0.509. The maximum atomic E-state index is 3.52. The molecular weight excluding hydrogens is 162 g/mol. The summed E-state index contributed by atoms with van der Waals surface area (Å²) in [6.07, 6.45) is 3.74. The van der Waals surface area contributed by atoms with Gasteiger partial charge in [0.15, 0.2) is 0 Å². The summed E-state index contributed by atoms with van der Waals surface area (Å²) < 4.78 is 0. The molecule has 1 atom stereocenters. The van der Waals surface area contributed by atoms with Crippen molar-refractivity contribution in [1.29, 1.82) is 0 Å². The van der Waals surface area contributed by atoms with E-state index in [1.165, 1.54) is 19.3 Å². The van der Waals surface area contributed by atoms with Crippen molar-refractivity contribution in [3.8, 4) is 0 Å². The van der Waals surface area contributed by atoms with E-state index in [0.717, 1.165) is 32.7 Å². The largest absolute Gasteiger partial charge is 0.317 e. The van der Waals surface area contributed by atoms with Crippen molar-refractivity contribution in [3.63, 3.8) is 0 Å². The van der Waals surface area contributed by atoms with E-state index < -0.39 is 0 Å². The summed E-state index contributed by atoms with van der Waals surface area (Å²) >= 11 is 0. The zero-order valence-electron chi connectivity index (χ0n) is 8.73. The summed E-state index contributed by atoms with van der Waals surface area (Å²) in [5.74, 6) is 0. The van der Waals surface area contributed by atoms with Crippen molar-refractivity contribution in [2.24, 2.45) is 0 Å². The molecule has 1 fully saturated rings. The van der Waals surface area contributed by atoms with Crippen molar-refractivity contribution in [3.05, 3.63) is 0 Å². The molecule has 0 aromatic rings. The lowest BCUT2D eigenvalue weighted by atomic mass is 10.2. The molecule has 1 aliphatic heterocycles. The summed E-state index contributed by atoms with van der Waals surface area (Å²) in [6, 6.07) is 0.659. The van der Waals surface area contributed by atoms with E-state index >= 15 is 0 Å². The van der Waals surface area contributed by atoms with E-state index in [4.69, 9.17) is 0 Å². The van der Waals surface area contributed by atoms with E-state index in [-0.39, 0.29) is 0 Å². The minimum absolute atomic E-state index is 0.659. The van der Waals surface area contributed by atoms with Crippen LogP contribution in [0.4, 0.5) is 0 Å². The summed E-state index contributed by atoms with van der Waals surface area (Å²) in [5, 5.41) is 10.4. The highest BCUT2D eigenvalue weighted by atomic mass is 14.9. The molecule has 1 aliphatic rings. The zero-order valence-corrected chi connectivity index (χ0v) is 8.73. The van der Waals surface area contributed by atoms with Crippen LogP contribution in [0, 0.1) is 0 Å². The molecule has 3 heteroatoms. The van der Waals surface area contributed by atoms with E-state index in [1.807, 2.05) is 0 Å². The molecule has 0 saturated carbocycles. The molecule has 13 heavy (non-hydrogen) atoms. The molecule has 78 valence electrons. The molecule has 0 aromatic carbocycles. The Morgan fingerprint density at radius 3 is 2.23 bits per heavy atom. The highest BCUT2D eigenvalue weighted by Gasteiger charge is 2.00. The van der Waals surface area contributed by atoms with Crippen LogP contribution in [0.5, 0.6) is 0 Å². The van der Waals surface area contributed by atoms with Crippen molar-refractivity contribution >= 4 is 0 Å². The number of nitrogens with one attached hydrogen (secondary N) is 3. The molecule has 1 rings (SSSR count). The first-order valence-corrected chi connectivity index (χ1v) is 5.54. The molecule has 0 aromatic heterocycles. The molecule has 1 heterocycles. The molecule has 0 amide bonds. The average molecular weight is 185 g/mol. The van der Waals surface area contributed by atoms with Crippen LogP contribution in [0.1, 0.15) is 26.2 Å². The Hall–Kier alpha value is -0.120. The van der Waals surface area contributed by atoms with Crippen LogP contribution in [-0.2, 0) is 0 Å². The molecular formula is C10H23N3. The van der Waals surface area contributed by atoms with Gasteiger partial charge in [-0.05, 0) is 58.9 Å². The van der Waals surface area contributed by atoms with Gasteiger partial charge in [-0.3, -0.25) is 0 Å². The van der Waals surface area contributed by atoms with Gasteiger partial charge in [0, 0.05) is 6.04 Å². The predicted octanol–water partition coefficient (Wildman–Crippen LogP) is 0.328. The Labute approximate surface area is 81.7 Å². The van der Waals surface area contributed by atoms with E-state index in [1.54, 1.807) is 0 Å². The number of hydrogen-bond donors (Lipinski definition) is 3. The summed E-state index contributed by atoms with van der Waals surface area (Å²) in [4.78, 5) is 0. The second-order valence-electron chi connectivity index (χ2n) is 3.85. The fraction of sp³-hybridized carbons (Fsp3) is 1.00. The number of hydrogen-bond acceptors (Lipinski definition) is 3. The van der Waals surface area contributed by atoms with Crippen LogP contribution in [0.15, 0.2) is 0 Å². The third kappa shape index (κ3) is 6.02. The molecule has 0 aliphatic carbocycles. The third-order valence-corrected chi connectivity index (χ3v) is 2.48. The van der Waals surface area contributed by atoms with Gasteiger partial charge in [0.1, 0.15) is 0 Å². The van der Waals surface area contributed by atoms with Crippen LogP contribution in [0.25, 0.3) is 0 Å². The maximum Gasteiger partial charge on any atom is 0.00508 e. The van der Waals surface area contributed by atoms with Gasteiger partial charge in [-0.2, -0.15) is 0 Å². The third-order valence-electron chi connectivity index (χ3n) is 2.48. The van der Waals surface area contributed by atoms with Crippen LogP contribution < -0.4 is 16.0 Å². The fourth-order valence-electron chi connectivity index (χ4n) is 1.57. The van der Waals surface area contributed by atoms with Gasteiger partial charge in [-0.25, -0.2) is 0 Å². The monoisotopic (exact) mass is 185 g/mol. The Balaban J connectivity index is 2.11. The van der Waals surface area contributed by atoms with Gasteiger partial charge in [-0.1, -0.05) is 0 Å². The second-order valence-corrected chi connectivity index (χ2v) is 3.85. The first kappa shape index (κ1) is 11.0. The Kier molecular flexibility index (Phi) is 6.15. The Morgan fingerprint density at radius 1 is 0.846 bits per heavy atom. The predicted molar refractivity (Wildman–Crippen MR) is 57.1 cm³/mol. The van der Waals surface area contributed by atoms with E-state index in [2.05, 4.69) is 22.9 Å². The van der Waals surface area contributed by atoms with E-state index in [9.17, 15) is 0 Å².